The highest BCUT2D eigenvalue weighted by molar-refractivity contribution is 6.01. The van der Waals surface area contributed by atoms with Crippen LogP contribution in [-0.4, -0.2) is 69.3 Å². The van der Waals surface area contributed by atoms with Gasteiger partial charge in [-0.1, -0.05) is 12.1 Å². The lowest BCUT2D eigenvalue weighted by atomic mass is 9.96. The fourth-order valence-corrected chi connectivity index (χ4v) is 3.78. The first-order valence-corrected chi connectivity index (χ1v) is 12.1. The van der Waals surface area contributed by atoms with E-state index in [4.69, 9.17) is 18.9 Å². The van der Waals surface area contributed by atoms with Crippen molar-refractivity contribution in [2.45, 2.75) is 51.6 Å². The summed E-state index contributed by atoms with van der Waals surface area (Å²) in [7, 11) is 1.62. The molecule has 0 bridgehead atoms. The van der Waals surface area contributed by atoms with E-state index in [1.54, 1.807) is 63.2 Å². The Morgan fingerprint density at radius 2 is 1.87 bits per heavy atom. The normalized spacial score (nSPS) is 17.6. The smallest absolute Gasteiger partial charge is 0.341 e. The first-order chi connectivity index (χ1) is 18.0. The van der Waals surface area contributed by atoms with Crippen LogP contribution in [0.4, 0.5) is 5.82 Å². The van der Waals surface area contributed by atoms with Crippen molar-refractivity contribution in [1.82, 2.24) is 14.8 Å². The van der Waals surface area contributed by atoms with Crippen molar-refractivity contribution in [2.24, 2.45) is 0 Å². The SMILES string of the molecule is COc1ccc(COc2ccc(-n3ccc(N4CCO[C@H]([C@@](C)(O)C(=O)OC(C)(C)C)C4=O)n3)cn2)cc1. The largest absolute Gasteiger partial charge is 0.497 e. The highest BCUT2D eigenvalue weighted by Gasteiger charge is 2.50. The molecule has 1 aliphatic rings. The first kappa shape index (κ1) is 27.1. The third-order valence-corrected chi connectivity index (χ3v) is 5.80. The Hall–Kier alpha value is -3.96. The summed E-state index contributed by atoms with van der Waals surface area (Å²) < 4.78 is 23.3. The molecule has 3 aromatic rings. The zero-order valence-electron chi connectivity index (χ0n) is 22.1. The van der Waals surface area contributed by atoms with Gasteiger partial charge >= 0.3 is 5.97 Å². The second-order valence-electron chi connectivity index (χ2n) is 10.0. The van der Waals surface area contributed by atoms with Crippen molar-refractivity contribution in [3.8, 4) is 17.3 Å². The zero-order valence-corrected chi connectivity index (χ0v) is 22.1. The number of hydrogen-bond donors (Lipinski definition) is 1. The molecule has 1 aliphatic heterocycles. The van der Waals surface area contributed by atoms with Gasteiger partial charge in [-0.05, 0) is 51.5 Å². The maximum Gasteiger partial charge on any atom is 0.341 e. The minimum Gasteiger partial charge on any atom is -0.497 e. The molecule has 3 heterocycles. The number of nitrogens with zero attached hydrogens (tertiary/aromatic N) is 4. The maximum absolute atomic E-state index is 13.2. The molecule has 0 spiro atoms. The van der Waals surface area contributed by atoms with E-state index in [9.17, 15) is 14.7 Å². The average molecular weight is 525 g/mol. The Kier molecular flexibility index (Phi) is 7.70. The average Bonchev–Trinajstić information content (AvgIpc) is 3.37. The van der Waals surface area contributed by atoms with Crippen molar-refractivity contribution in [1.29, 1.82) is 0 Å². The van der Waals surface area contributed by atoms with Crippen LogP contribution in [0, 0.1) is 0 Å². The summed E-state index contributed by atoms with van der Waals surface area (Å²) in [5.74, 6) is 0.0575. The summed E-state index contributed by atoms with van der Waals surface area (Å²) >= 11 is 0. The van der Waals surface area contributed by atoms with Gasteiger partial charge in [0, 0.05) is 18.3 Å². The summed E-state index contributed by atoms with van der Waals surface area (Å²) in [6.07, 6.45) is 1.87. The van der Waals surface area contributed by atoms with Gasteiger partial charge in [0.2, 0.25) is 5.88 Å². The molecule has 0 aliphatic carbocycles. The third kappa shape index (κ3) is 6.12. The molecule has 1 amide bonds. The number of carbonyl (C=O) groups is 2. The Morgan fingerprint density at radius 3 is 2.50 bits per heavy atom. The Morgan fingerprint density at radius 1 is 1.13 bits per heavy atom. The van der Waals surface area contributed by atoms with Crippen LogP contribution in [0.5, 0.6) is 11.6 Å². The zero-order chi connectivity index (χ0) is 27.5. The molecule has 1 N–H and O–H groups in total. The van der Waals surface area contributed by atoms with Gasteiger partial charge in [0.15, 0.2) is 17.5 Å². The van der Waals surface area contributed by atoms with Gasteiger partial charge in [-0.3, -0.25) is 9.69 Å². The summed E-state index contributed by atoms with van der Waals surface area (Å²) in [5.41, 5.74) is -1.36. The van der Waals surface area contributed by atoms with Crippen molar-refractivity contribution >= 4 is 17.7 Å². The van der Waals surface area contributed by atoms with Gasteiger partial charge < -0.3 is 24.1 Å². The van der Waals surface area contributed by atoms with Crippen molar-refractivity contribution in [3.05, 3.63) is 60.4 Å². The molecule has 4 rings (SSSR count). The summed E-state index contributed by atoms with van der Waals surface area (Å²) in [6, 6.07) is 12.8. The van der Waals surface area contributed by atoms with Gasteiger partial charge in [0.25, 0.3) is 5.91 Å². The number of aliphatic hydroxyl groups is 1. The minimum absolute atomic E-state index is 0.115. The predicted octanol–water partition coefficient (Wildman–Crippen LogP) is 2.68. The number of rotatable bonds is 8. The fraction of sp³-hybridized carbons (Fsp3) is 0.407. The van der Waals surface area contributed by atoms with Crippen LogP contribution in [0.15, 0.2) is 54.9 Å². The van der Waals surface area contributed by atoms with Gasteiger partial charge in [-0.15, -0.1) is 5.10 Å². The maximum atomic E-state index is 13.2. The summed E-state index contributed by atoms with van der Waals surface area (Å²) in [6.45, 7) is 6.94. The van der Waals surface area contributed by atoms with Crippen LogP contribution in [0.2, 0.25) is 0 Å². The van der Waals surface area contributed by atoms with E-state index >= 15 is 0 Å². The number of hydrogen-bond acceptors (Lipinski definition) is 9. The summed E-state index contributed by atoms with van der Waals surface area (Å²) in [4.78, 5) is 31.5. The Bertz CT molecular complexity index is 1260. The number of esters is 1. The lowest BCUT2D eigenvalue weighted by Crippen LogP contribution is -2.61. The molecule has 1 fully saturated rings. The number of methoxy groups -OCH3 is 1. The lowest BCUT2D eigenvalue weighted by molar-refractivity contribution is -0.194. The number of amides is 1. The number of aromatic nitrogens is 3. The number of carbonyl (C=O) groups excluding carboxylic acids is 2. The van der Waals surface area contributed by atoms with E-state index in [-0.39, 0.29) is 13.2 Å². The van der Waals surface area contributed by atoms with Gasteiger partial charge in [0.05, 0.1) is 32.1 Å². The number of pyridine rings is 1. The second-order valence-corrected chi connectivity index (χ2v) is 10.0. The lowest BCUT2D eigenvalue weighted by Gasteiger charge is -2.38. The Balaban J connectivity index is 1.42. The molecule has 11 nitrogen and oxygen atoms in total. The molecule has 2 aromatic heterocycles. The highest BCUT2D eigenvalue weighted by atomic mass is 16.6. The predicted molar refractivity (Wildman–Crippen MR) is 137 cm³/mol. The van der Waals surface area contributed by atoms with E-state index in [0.717, 1.165) is 11.3 Å². The standard InChI is InChI=1S/C27H32N4O7/c1-26(2,3)38-25(33)27(4,34)23-24(32)30(14-15-36-23)21-12-13-31(29-21)19-8-11-22(28-16-19)37-17-18-6-9-20(35-5)10-7-18/h6-13,16,23,34H,14-15,17H2,1-5H3/t23-,27+/m0/s1. The van der Waals surface area contributed by atoms with Crippen LogP contribution in [-0.2, 0) is 25.7 Å². The quantitative estimate of drug-likeness (QED) is 0.443. The minimum atomic E-state index is -2.17. The van der Waals surface area contributed by atoms with Crippen LogP contribution in [0.3, 0.4) is 0 Å². The number of ether oxygens (including phenoxy) is 4. The molecule has 202 valence electrons. The van der Waals surface area contributed by atoms with Crippen LogP contribution < -0.4 is 14.4 Å². The van der Waals surface area contributed by atoms with Gasteiger partial charge in [0.1, 0.15) is 18.0 Å². The molecule has 1 aromatic carbocycles. The van der Waals surface area contributed by atoms with Gasteiger partial charge in [-0.2, -0.15) is 0 Å². The topological polar surface area (TPSA) is 125 Å². The molecule has 38 heavy (non-hydrogen) atoms. The number of morpholine rings is 1. The van der Waals surface area contributed by atoms with E-state index in [1.807, 2.05) is 24.3 Å². The van der Waals surface area contributed by atoms with Crippen LogP contribution in [0.1, 0.15) is 33.3 Å². The van der Waals surface area contributed by atoms with Crippen molar-refractivity contribution in [2.75, 3.05) is 25.2 Å². The monoisotopic (exact) mass is 524 g/mol. The third-order valence-electron chi connectivity index (χ3n) is 5.80. The van der Waals surface area contributed by atoms with Crippen LogP contribution >= 0.6 is 0 Å². The molecule has 0 unspecified atom stereocenters. The second kappa shape index (κ2) is 10.8. The van der Waals surface area contributed by atoms with Crippen LogP contribution in [0.25, 0.3) is 5.69 Å². The van der Waals surface area contributed by atoms with E-state index in [0.29, 0.717) is 24.0 Å². The molecule has 0 radical (unpaired) electrons. The van der Waals surface area contributed by atoms with E-state index in [2.05, 4.69) is 10.1 Å². The molecule has 1 saturated heterocycles. The molecule has 0 saturated carbocycles. The first-order valence-electron chi connectivity index (χ1n) is 12.1. The molecular formula is C27H32N4O7. The molecule has 2 atom stereocenters. The van der Waals surface area contributed by atoms with E-state index < -0.39 is 29.2 Å². The number of anilines is 1. The van der Waals surface area contributed by atoms with E-state index in [1.165, 1.54) is 11.8 Å². The molecular weight excluding hydrogens is 492 g/mol. The van der Waals surface area contributed by atoms with Gasteiger partial charge in [-0.25, -0.2) is 14.5 Å². The van der Waals surface area contributed by atoms with Crippen molar-refractivity contribution < 1.29 is 33.6 Å². The molecule has 11 heteroatoms. The fourth-order valence-electron chi connectivity index (χ4n) is 3.78. The highest BCUT2D eigenvalue weighted by Crippen LogP contribution is 2.26. The summed E-state index contributed by atoms with van der Waals surface area (Å²) in [5, 5.41) is 15.3. The van der Waals surface area contributed by atoms with Crippen molar-refractivity contribution in [3.63, 3.8) is 0 Å². The number of benzene rings is 1. The Labute approximate surface area is 220 Å².